The number of hydrogen-bond acceptors (Lipinski definition) is 4. The first-order valence-corrected chi connectivity index (χ1v) is 9.28. The Morgan fingerprint density at radius 3 is 2.04 bits per heavy atom. The van der Waals surface area contributed by atoms with Crippen molar-refractivity contribution in [2.45, 2.75) is 70.8 Å². The smallest absolute Gasteiger partial charge is 0.305 e. The second-order valence-electron chi connectivity index (χ2n) is 5.98. The lowest BCUT2D eigenvalue weighted by Crippen LogP contribution is -2.03. The standard InChI is InChI=1S/C21H34O4/c1-4-20(24-2)17-13-10-9-12-16-19(22)15-11-7-5-6-8-14-18-21(23)25-3/h9-10,12-13,16-17,20H,4-8,11,14-15,18H2,1-3H3. The van der Waals surface area contributed by atoms with Gasteiger partial charge in [0.2, 0.25) is 0 Å². The number of allylic oxidation sites excluding steroid dienone is 5. The number of carbonyl (C=O) groups is 2. The Kier molecular flexibility index (Phi) is 16.0. The first-order chi connectivity index (χ1) is 12.1. The van der Waals surface area contributed by atoms with Crippen molar-refractivity contribution in [2.75, 3.05) is 14.2 Å². The molecule has 4 nitrogen and oxygen atoms in total. The van der Waals surface area contributed by atoms with Crippen LogP contribution in [-0.2, 0) is 19.1 Å². The van der Waals surface area contributed by atoms with Gasteiger partial charge in [-0.05, 0) is 25.3 Å². The van der Waals surface area contributed by atoms with E-state index in [9.17, 15) is 9.59 Å². The van der Waals surface area contributed by atoms with Crippen LogP contribution in [0.5, 0.6) is 0 Å². The maximum atomic E-state index is 11.7. The summed E-state index contributed by atoms with van der Waals surface area (Å²) < 4.78 is 9.83. The molecule has 0 aliphatic carbocycles. The van der Waals surface area contributed by atoms with Crippen LogP contribution in [0.2, 0.25) is 0 Å². The van der Waals surface area contributed by atoms with E-state index in [4.69, 9.17) is 4.74 Å². The first-order valence-electron chi connectivity index (χ1n) is 9.28. The van der Waals surface area contributed by atoms with E-state index in [-0.39, 0.29) is 17.9 Å². The zero-order chi connectivity index (χ0) is 18.8. The Labute approximate surface area is 153 Å². The average Bonchev–Trinajstić information content (AvgIpc) is 2.63. The molecular weight excluding hydrogens is 316 g/mol. The minimum Gasteiger partial charge on any atom is -0.469 e. The fraction of sp³-hybridized carbons (Fsp3) is 0.619. The molecule has 0 bridgehead atoms. The monoisotopic (exact) mass is 350 g/mol. The Morgan fingerprint density at radius 1 is 0.840 bits per heavy atom. The number of methoxy groups -OCH3 is 2. The van der Waals surface area contributed by atoms with E-state index in [1.54, 1.807) is 19.3 Å². The maximum Gasteiger partial charge on any atom is 0.305 e. The minimum absolute atomic E-state index is 0.134. The molecule has 0 aliphatic heterocycles. The zero-order valence-corrected chi connectivity index (χ0v) is 16.0. The van der Waals surface area contributed by atoms with Crippen molar-refractivity contribution in [3.05, 3.63) is 36.5 Å². The lowest BCUT2D eigenvalue weighted by atomic mass is 10.1. The number of unbranched alkanes of at least 4 members (excludes halogenated alkanes) is 5. The number of esters is 1. The Hall–Kier alpha value is -1.68. The summed E-state index contributed by atoms with van der Waals surface area (Å²) in [5, 5.41) is 0. The van der Waals surface area contributed by atoms with Gasteiger partial charge in [0.05, 0.1) is 13.2 Å². The summed E-state index contributed by atoms with van der Waals surface area (Å²) in [6.45, 7) is 2.07. The lowest BCUT2D eigenvalue weighted by Gasteiger charge is -2.04. The molecule has 0 spiro atoms. The molecule has 0 aromatic rings. The van der Waals surface area contributed by atoms with E-state index >= 15 is 0 Å². The minimum atomic E-state index is -0.134. The van der Waals surface area contributed by atoms with Gasteiger partial charge in [-0.2, -0.15) is 0 Å². The van der Waals surface area contributed by atoms with Crippen LogP contribution in [0.25, 0.3) is 0 Å². The molecule has 0 fully saturated rings. The van der Waals surface area contributed by atoms with Gasteiger partial charge in [-0.3, -0.25) is 9.59 Å². The highest BCUT2D eigenvalue weighted by Crippen LogP contribution is 2.09. The third-order valence-electron chi connectivity index (χ3n) is 3.93. The molecule has 0 aromatic heterocycles. The van der Waals surface area contributed by atoms with E-state index in [0.717, 1.165) is 44.9 Å². The van der Waals surface area contributed by atoms with Crippen molar-refractivity contribution in [2.24, 2.45) is 0 Å². The summed E-state index contributed by atoms with van der Waals surface area (Å²) in [5.74, 6) is 0.0356. The third-order valence-corrected chi connectivity index (χ3v) is 3.93. The molecule has 0 heterocycles. The number of ketones is 1. The lowest BCUT2D eigenvalue weighted by molar-refractivity contribution is -0.140. The summed E-state index contributed by atoms with van der Waals surface area (Å²) >= 11 is 0. The van der Waals surface area contributed by atoms with Crippen LogP contribution in [0.1, 0.15) is 64.7 Å². The molecule has 0 radical (unpaired) electrons. The summed E-state index contributed by atoms with van der Waals surface area (Å²) in [6.07, 6.45) is 19.5. The molecular formula is C21H34O4. The van der Waals surface area contributed by atoms with Gasteiger partial charge >= 0.3 is 5.97 Å². The number of rotatable bonds is 15. The highest BCUT2D eigenvalue weighted by molar-refractivity contribution is 5.89. The van der Waals surface area contributed by atoms with Crippen molar-refractivity contribution in [3.63, 3.8) is 0 Å². The van der Waals surface area contributed by atoms with E-state index in [1.165, 1.54) is 7.11 Å². The van der Waals surface area contributed by atoms with Crippen molar-refractivity contribution in [3.8, 4) is 0 Å². The molecule has 25 heavy (non-hydrogen) atoms. The van der Waals surface area contributed by atoms with Crippen molar-refractivity contribution < 1.29 is 19.1 Å². The quantitative estimate of drug-likeness (QED) is 0.182. The van der Waals surface area contributed by atoms with Gasteiger partial charge in [0.25, 0.3) is 0 Å². The average molecular weight is 350 g/mol. The topological polar surface area (TPSA) is 52.6 Å². The fourth-order valence-electron chi connectivity index (χ4n) is 2.32. The molecule has 0 N–H and O–H groups in total. The highest BCUT2D eigenvalue weighted by Gasteiger charge is 2.00. The van der Waals surface area contributed by atoms with Crippen LogP contribution in [0.15, 0.2) is 36.5 Å². The van der Waals surface area contributed by atoms with E-state index in [0.29, 0.717) is 12.8 Å². The first kappa shape index (κ1) is 23.3. The predicted octanol–water partition coefficient (Wildman–Crippen LogP) is 4.94. The largest absolute Gasteiger partial charge is 0.469 e. The van der Waals surface area contributed by atoms with Gasteiger partial charge in [-0.1, -0.05) is 63.0 Å². The summed E-state index contributed by atoms with van der Waals surface area (Å²) in [7, 11) is 3.12. The summed E-state index contributed by atoms with van der Waals surface area (Å²) in [4.78, 5) is 22.7. The molecule has 0 saturated carbocycles. The number of carbonyl (C=O) groups excluding carboxylic acids is 2. The van der Waals surface area contributed by atoms with Gasteiger partial charge in [-0.15, -0.1) is 0 Å². The highest BCUT2D eigenvalue weighted by atomic mass is 16.5. The zero-order valence-electron chi connectivity index (χ0n) is 16.0. The molecule has 4 heteroatoms. The Bertz CT molecular complexity index is 431. The molecule has 0 saturated heterocycles. The normalized spacial score (nSPS) is 13.1. The van der Waals surface area contributed by atoms with Crippen molar-refractivity contribution >= 4 is 11.8 Å². The summed E-state index contributed by atoms with van der Waals surface area (Å²) in [6, 6.07) is 0. The van der Waals surface area contributed by atoms with Gasteiger partial charge in [0.15, 0.2) is 5.78 Å². The van der Waals surface area contributed by atoms with Gasteiger partial charge in [0, 0.05) is 20.0 Å². The summed E-state index contributed by atoms with van der Waals surface area (Å²) in [5.41, 5.74) is 0. The molecule has 142 valence electrons. The molecule has 1 atom stereocenters. The molecule has 0 aromatic carbocycles. The van der Waals surface area contributed by atoms with Crippen molar-refractivity contribution in [1.29, 1.82) is 0 Å². The predicted molar refractivity (Wildman–Crippen MR) is 102 cm³/mol. The van der Waals surface area contributed by atoms with Crippen molar-refractivity contribution in [1.82, 2.24) is 0 Å². The molecule has 0 amide bonds. The van der Waals surface area contributed by atoms with E-state index in [1.807, 2.05) is 24.3 Å². The SMILES string of the molecule is CCC(C=CC=CC=CC(=O)CCCCCCCCC(=O)OC)OC. The third kappa shape index (κ3) is 15.6. The Balaban J connectivity index is 3.62. The number of hydrogen-bond donors (Lipinski definition) is 0. The van der Waals surface area contributed by atoms with Gasteiger partial charge in [-0.25, -0.2) is 0 Å². The maximum absolute atomic E-state index is 11.7. The molecule has 0 rings (SSSR count). The van der Waals surface area contributed by atoms with Gasteiger partial charge < -0.3 is 9.47 Å². The molecule has 1 unspecified atom stereocenters. The van der Waals surface area contributed by atoms with Crippen LogP contribution in [-0.4, -0.2) is 32.1 Å². The molecule has 0 aliphatic rings. The van der Waals surface area contributed by atoms with Crippen LogP contribution in [0.4, 0.5) is 0 Å². The van der Waals surface area contributed by atoms with Crippen LogP contribution < -0.4 is 0 Å². The van der Waals surface area contributed by atoms with Crippen LogP contribution in [0.3, 0.4) is 0 Å². The van der Waals surface area contributed by atoms with E-state index in [2.05, 4.69) is 11.7 Å². The van der Waals surface area contributed by atoms with Crippen LogP contribution >= 0.6 is 0 Å². The van der Waals surface area contributed by atoms with Crippen LogP contribution in [0, 0.1) is 0 Å². The number of ether oxygens (including phenoxy) is 2. The second-order valence-corrected chi connectivity index (χ2v) is 5.98. The fourth-order valence-corrected chi connectivity index (χ4v) is 2.32. The van der Waals surface area contributed by atoms with Gasteiger partial charge in [0.1, 0.15) is 0 Å². The Morgan fingerprint density at radius 2 is 1.44 bits per heavy atom. The second kappa shape index (κ2) is 17.2. The van der Waals surface area contributed by atoms with E-state index < -0.39 is 0 Å².